The number of aryl methyl sites for hydroxylation is 2. The minimum Gasteiger partial charge on any atom is -0.442 e. The Morgan fingerprint density at radius 2 is 1.92 bits per heavy atom. The Bertz CT molecular complexity index is 733. The molecule has 0 fully saturated rings. The number of imidazole rings is 1. The predicted octanol–water partition coefficient (Wildman–Crippen LogP) is 4.78. The van der Waals surface area contributed by atoms with Crippen molar-refractivity contribution in [2.45, 2.75) is 70.0 Å². The summed E-state index contributed by atoms with van der Waals surface area (Å²) in [5.41, 5.74) is 8.64. The Morgan fingerprint density at radius 1 is 1.28 bits per heavy atom. The van der Waals surface area contributed by atoms with Gasteiger partial charge >= 0.3 is 6.09 Å². The molecular weight excluding hydrogens is 334 g/mol. The molecule has 136 valence electrons. The van der Waals surface area contributed by atoms with E-state index in [1.165, 1.54) is 16.0 Å². The third-order valence-corrected chi connectivity index (χ3v) is 4.87. The first-order valence-corrected chi connectivity index (χ1v) is 9.41. The third-order valence-electron chi connectivity index (χ3n) is 3.77. The first kappa shape index (κ1) is 19.4. The average molecular weight is 362 g/mol. The quantitative estimate of drug-likeness (QED) is 0.770. The lowest BCUT2D eigenvalue weighted by Gasteiger charge is -2.13. The number of rotatable bonds is 7. The zero-order valence-electron chi connectivity index (χ0n) is 15.6. The van der Waals surface area contributed by atoms with Crippen LogP contribution in [0.15, 0.2) is 28.1 Å². The Balaban J connectivity index is 2.46. The Labute approximate surface area is 154 Å². The fraction of sp³-hybridized carbons (Fsp3) is 0.474. The standard InChI is InChI=1S/C19H27N3O2S/c1-6-7-22-16(11-24-19(20)23)21-17(12(2)3)18(22)25-15-9-13(4)8-14(5)10-15/h8-10,12H,6-7,11H2,1-5H3,(H2,20,23). The minimum absolute atomic E-state index is 0.0997. The van der Waals surface area contributed by atoms with Crippen molar-refractivity contribution in [3.05, 3.63) is 40.8 Å². The zero-order valence-corrected chi connectivity index (χ0v) is 16.4. The molecule has 0 unspecified atom stereocenters. The van der Waals surface area contributed by atoms with Crippen molar-refractivity contribution in [3.63, 3.8) is 0 Å². The second kappa shape index (κ2) is 8.43. The molecule has 0 aliphatic rings. The molecule has 1 amide bonds. The van der Waals surface area contributed by atoms with Crippen LogP contribution < -0.4 is 5.73 Å². The monoisotopic (exact) mass is 361 g/mol. The van der Waals surface area contributed by atoms with E-state index in [1.807, 2.05) is 0 Å². The van der Waals surface area contributed by atoms with Gasteiger partial charge in [-0.1, -0.05) is 38.6 Å². The van der Waals surface area contributed by atoms with Crippen LogP contribution in [0.5, 0.6) is 0 Å². The molecule has 0 radical (unpaired) electrons. The second-order valence-corrected chi connectivity index (χ2v) is 7.62. The number of primary amides is 1. The van der Waals surface area contributed by atoms with Gasteiger partial charge in [0.1, 0.15) is 10.9 Å². The van der Waals surface area contributed by atoms with Crippen molar-refractivity contribution in [2.24, 2.45) is 5.73 Å². The summed E-state index contributed by atoms with van der Waals surface area (Å²) in [6.45, 7) is 11.5. The molecule has 2 aromatic rings. The number of nitrogens with zero attached hydrogens (tertiary/aromatic N) is 2. The zero-order chi connectivity index (χ0) is 18.6. The van der Waals surface area contributed by atoms with Gasteiger partial charge in [0.15, 0.2) is 6.61 Å². The van der Waals surface area contributed by atoms with Crippen molar-refractivity contribution in [2.75, 3.05) is 0 Å². The van der Waals surface area contributed by atoms with Crippen LogP contribution in [0.1, 0.15) is 55.8 Å². The number of carbonyl (C=O) groups is 1. The molecule has 1 aromatic carbocycles. The molecule has 0 bridgehead atoms. The number of amides is 1. The third kappa shape index (κ3) is 5.01. The molecule has 0 saturated heterocycles. The van der Waals surface area contributed by atoms with Crippen molar-refractivity contribution in [1.29, 1.82) is 0 Å². The molecule has 2 rings (SSSR count). The fourth-order valence-corrected chi connectivity index (χ4v) is 4.20. The highest BCUT2D eigenvalue weighted by Crippen LogP contribution is 2.36. The van der Waals surface area contributed by atoms with Gasteiger partial charge in [-0.05, 0) is 49.4 Å². The Hall–Kier alpha value is -1.95. The van der Waals surface area contributed by atoms with Gasteiger partial charge in [-0.25, -0.2) is 9.78 Å². The number of benzene rings is 1. The molecule has 5 nitrogen and oxygen atoms in total. The number of hydrogen-bond donors (Lipinski definition) is 1. The summed E-state index contributed by atoms with van der Waals surface area (Å²) in [5, 5.41) is 1.12. The smallest absolute Gasteiger partial charge is 0.404 e. The summed E-state index contributed by atoms with van der Waals surface area (Å²) in [7, 11) is 0. The average Bonchev–Trinajstić information content (AvgIpc) is 2.83. The second-order valence-electron chi connectivity index (χ2n) is 6.56. The summed E-state index contributed by atoms with van der Waals surface area (Å²) in [6.07, 6.45) is 0.193. The van der Waals surface area contributed by atoms with Crippen LogP contribution >= 0.6 is 11.8 Å². The van der Waals surface area contributed by atoms with E-state index in [0.717, 1.165) is 29.5 Å². The molecule has 1 aromatic heterocycles. The van der Waals surface area contributed by atoms with Crippen LogP contribution in [0, 0.1) is 13.8 Å². The van der Waals surface area contributed by atoms with Crippen LogP contribution in [0.2, 0.25) is 0 Å². The highest BCUT2D eigenvalue weighted by molar-refractivity contribution is 7.99. The maximum atomic E-state index is 11.0. The van der Waals surface area contributed by atoms with Crippen LogP contribution in [0.25, 0.3) is 0 Å². The van der Waals surface area contributed by atoms with Gasteiger partial charge in [0.2, 0.25) is 0 Å². The van der Waals surface area contributed by atoms with Crippen LogP contribution in [-0.2, 0) is 17.9 Å². The highest BCUT2D eigenvalue weighted by Gasteiger charge is 2.21. The Kier molecular flexibility index (Phi) is 6.53. The van der Waals surface area contributed by atoms with Gasteiger partial charge in [-0.15, -0.1) is 0 Å². The van der Waals surface area contributed by atoms with Gasteiger partial charge in [0, 0.05) is 11.4 Å². The van der Waals surface area contributed by atoms with E-state index in [9.17, 15) is 4.79 Å². The number of ether oxygens (including phenoxy) is 1. The van der Waals surface area contributed by atoms with Gasteiger partial charge in [0.05, 0.1) is 5.69 Å². The number of hydrogen-bond acceptors (Lipinski definition) is 4. The van der Waals surface area contributed by atoms with Crippen molar-refractivity contribution < 1.29 is 9.53 Å². The summed E-state index contributed by atoms with van der Waals surface area (Å²) in [6, 6.07) is 6.54. The van der Waals surface area contributed by atoms with Gasteiger partial charge in [-0.2, -0.15) is 0 Å². The number of aromatic nitrogens is 2. The van der Waals surface area contributed by atoms with Crippen molar-refractivity contribution in [3.8, 4) is 0 Å². The lowest BCUT2D eigenvalue weighted by atomic mass is 10.1. The number of carbonyl (C=O) groups excluding carboxylic acids is 1. The summed E-state index contributed by atoms with van der Waals surface area (Å²) in [4.78, 5) is 16.9. The Morgan fingerprint density at radius 3 is 2.44 bits per heavy atom. The first-order chi connectivity index (χ1) is 11.8. The molecule has 1 heterocycles. The SMILES string of the molecule is CCCn1c(COC(N)=O)nc(C(C)C)c1Sc1cc(C)cc(C)c1. The van der Waals surface area contributed by atoms with Crippen LogP contribution in [0.3, 0.4) is 0 Å². The van der Waals surface area contributed by atoms with Crippen molar-refractivity contribution >= 4 is 17.9 Å². The topological polar surface area (TPSA) is 70.1 Å². The highest BCUT2D eigenvalue weighted by atomic mass is 32.2. The molecule has 2 N–H and O–H groups in total. The van der Waals surface area contributed by atoms with E-state index >= 15 is 0 Å². The molecule has 0 aliphatic heterocycles. The van der Waals surface area contributed by atoms with Gasteiger partial charge < -0.3 is 15.0 Å². The fourth-order valence-electron chi connectivity index (χ4n) is 2.79. The number of nitrogens with two attached hydrogens (primary N) is 1. The normalized spacial score (nSPS) is 11.1. The molecule has 0 atom stereocenters. The largest absolute Gasteiger partial charge is 0.442 e. The summed E-state index contributed by atoms with van der Waals surface area (Å²) < 4.78 is 7.15. The molecule has 25 heavy (non-hydrogen) atoms. The summed E-state index contributed by atoms with van der Waals surface area (Å²) in [5.74, 6) is 1.02. The summed E-state index contributed by atoms with van der Waals surface area (Å²) >= 11 is 1.72. The molecule has 0 saturated carbocycles. The van der Waals surface area contributed by atoms with E-state index < -0.39 is 6.09 Å². The van der Waals surface area contributed by atoms with Crippen molar-refractivity contribution in [1.82, 2.24) is 9.55 Å². The predicted molar refractivity (Wildman–Crippen MR) is 101 cm³/mol. The van der Waals surface area contributed by atoms with E-state index in [-0.39, 0.29) is 12.5 Å². The van der Waals surface area contributed by atoms with Gasteiger partial charge in [-0.3, -0.25) is 0 Å². The van der Waals surface area contributed by atoms with Gasteiger partial charge in [0.25, 0.3) is 0 Å². The van der Waals surface area contributed by atoms with E-state index in [2.05, 4.69) is 57.4 Å². The van der Waals surface area contributed by atoms with E-state index in [0.29, 0.717) is 0 Å². The van der Waals surface area contributed by atoms with E-state index in [1.54, 1.807) is 11.8 Å². The van der Waals surface area contributed by atoms with Crippen LogP contribution in [0.4, 0.5) is 4.79 Å². The molecular formula is C19H27N3O2S. The maximum absolute atomic E-state index is 11.0. The molecule has 6 heteroatoms. The molecule has 0 aliphatic carbocycles. The van der Waals surface area contributed by atoms with E-state index in [4.69, 9.17) is 15.5 Å². The maximum Gasteiger partial charge on any atom is 0.404 e. The lowest BCUT2D eigenvalue weighted by molar-refractivity contribution is 0.145. The van der Waals surface area contributed by atoms with Crippen LogP contribution in [-0.4, -0.2) is 15.6 Å². The molecule has 0 spiro atoms. The minimum atomic E-state index is -0.777. The first-order valence-electron chi connectivity index (χ1n) is 8.59. The lowest BCUT2D eigenvalue weighted by Crippen LogP contribution is -2.15.